The Labute approximate surface area is 174 Å². The predicted molar refractivity (Wildman–Crippen MR) is 117 cm³/mol. The van der Waals surface area contributed by atoms with Crippen LogP contribution in [-0.4, -0.2) is 56.0 Å². The smallest absolute Gasteiger partial charge is 0.123 e. The summed E-state index contributed by atoms with van der Waals surface area (Å²) in [4.78, 5) is 2.34. The van der Waals surface area contributed by atoms with Gasteiger partial charge in [0, 0.05) is 18.7 Å². The SMILES string of the molecule is COc1ccccc1CCNCc1ccccc1OCC(O)CN1CCCCC1. The molecule has 2 aromatic rings. The van der Waals surface area contributed by atoms with Gasteiger partial charge in [-0.2, -0.15) is 0 Å². The predicted octanol–water partition coefficient (Wildman–Crippen LogP) is 3.25. The highest BCUT2D eigenvalue weighted by atomic mass is 16.5. The van der Waals surface area contributed by atoms with Crippen LogP contribution in [-0.2, 0) is 13.0 Å². The first-order valence-corrected chi connectivity index (χ1v) is 10.7. The van der Waals surface area contributed by atoms with Crippen LogP contribution in [0, 0.1) is 0 Å². The maximum Gasteiger partial charge on any atom is 0.123 e. The molecule has 2 aromatic carbocycles. The van der Waals surface area contributed by atoms with E-state index in [1.807, 2.05) is 36.4 Å². The first kappa shape index (κ1) is 21.6. The summed E-state index contributed by atoms with van der Waals surface area (Å²) in [5.74, 6) is 1.77. The number of hydrogen-bond donors (Lipinski definition) is 2. The van der Waals surface area contributed by atoms with Gasteiger partial charge in [-0.15, -0.1) is 0 Å². The van der Waals surface area contributed by atoms with Crippen LogP contribution in [0.15, 0.2) is 48.5 Å². The molecule has 0 bridgehead atoms. The third-order valence-electron chi connectivity index (χ3n) is 5.40. The molecule has 29 heavy (non-hydrogen) atoms. The van der Waals surface area contributed by atoms with E-state index in [1.165, 1.54) is 24.8 Å². The second kappa shape index (κ2) is 11.8. The van der Waals surface area contributed by atoms with E-state index in [0.29, 0.717) is 13.2 Å². The molecule has 1 atom stereocenters. The van der Waals surface area contributed by atoms with Gasteiger partial charge in [0.15, 0.2) is 0 Å². The summed E-state index contributed by atoms with van der Waals surface area (Å²) < 4.78 is 11.4. The first-order chi connectivity index (χ1) is 14.3. The second-order valence-electron chi connectivity index (χ2n) is 7.67. The van der Waals surface area contributed by atoms with Crippen LogP contribution >= 0.6 is 0 Å². The van der Waals surface area contributed by atoms with E-state index in [-0.39, 0.29) is 0 Å². The molecule has 3 rings (SSSR count). The molecule has 0 aliphatic carbocycles. The Hall–Kier alpha value is -2.08. The van der Waals surface area contributed by atoms with Crippen molar-refractivity contribution in [2.75, 3.05) is 39.9 Å². The molecule has 0 spiro atoms. The molecule has 1 aliphatic rings. The molecule has 1 heterocycles. The number of likely N-dealkylation sites (tertiary alicyclic amines) is 1. The van der Waals surface area contributed by atoms with Crippen molar-refractivity contribution in [1.29, 1.82) is 0 Å². The fourth-order valence-electron chi connectivity index (χ4n) is 3.82. The number of nitrogens with zero attached hydrogens (tertiary/aromatic N) is 1. The summed E-state index contributed by atoms with van der Waals surface area (Å²) >= 11 is 0. The lowest BCUT2D eigenvalue weighted by Crippen LogP contribution is -2.38. The standard InChI is InChI=1S/C24H34N2O3/c1-28-23-11-5-3-9-20(23)13-14-25-17-21-10-4-6-12-24(21)29-19-22(27)18-26-15-7-2-8-16-26/h3-6,9-12,22,25,27H,2,7-8,13-19H2,1H3. The summed E-state index contributed by atoms with van der Waals surface area (Å²) in [5.41, 5.74) is 2.31. The Morgan fingerprint density at radius 1 is 0.966 bits per heavy atom. The molecule has 0 saturated carbocycles. The molecule has 0 radical (unpaired) electrons. The van der Waals surface area contributed by atoms with E-state index in [1.54, 1.807) is 7.11 Å². The Balaban J connectivity index is 1.43. The van der Waals surface area contributed by atoms with Crippen LogP contribution < -0.4 is 14.8 Å². The monoisotopic (exact) mass is 398 g/mol. The van der Waals surface area contributed by atoms with E-state index in [0.717, 1.165) is 49.7 Å². The molecule has 0 aromatic heterocycles. The minimum absolute atomic E-state index is 0.328. The Bertz CT molecular complexity index is 732. The molecule has 158 valence electrons. The van der Waals surface area contributed by atoms with Crippen LogP contribution in [0.3, 0.4) is 0 Å². The maximum absolute atomic E-state index is 10.3. The highest BCUT2D eigenvalue weighted by Gasteiger charge is 2.15. The minimum atomic E-state index is -0.459. The summed E-state index contributed by atoms with van der Waals surface area (Å²) in [7, 11) is 1.71. The number of nitrogens with one attached hydrogen (secondary N) is 1. The van der Waals surface area contributed by atoms with Crippen molar-refractivity contribution in [3.63, 3.8) is 0 Å². The van der Waals surface area contributed by atoms with Gasteiger partial charge >= 0.3 is 0 Å². The van der Waals surface area contributed by atoms with Crippen LogP contribution in [0.25, 0.3) is 0 Å². The molecular weight excluding hydrogens is 364 g/mol. The average Bonchev–Trinajstić information content (AvgIpc) is 2.77. The number of aliphatic hydroxyl groups excluding tert-OH is 1. The van der Waals surface area contributed by atoms with Crippen LogP contribution in [0.5, 0.6) is 11.5 Å². The highest BCUT2D eigenvalue weighted by molar-refractivity contribution is 5.34. The lowest BCUT2D eigenvalue weighted by Gasteiger charge is -2.28. The quantitative estimate of drug-likeness (QED) is 0.569. The fraction of sp³-hybridized carbons (Fsp3) is 0.500. The van der Waals surface area contributed by atoms with Crippen LogP contribution in [0.4, 0.5) is 0 Å². The van der Waals surface area contributed by atoms with Crippen LogP contribution in [0.1, 0.15) is 30.4 Å². The van der Waals surface area contributed by atoms with Gasteiger partial charge in [-0.25, -0.2) is 0 Å². The Morgan fingerprint density at radius 3 is 2.41 bits per heavy atom. The van der Waals surface area contributed by atoms with Gasteiger partial charge in [0.2, 0.25) is 0 Å². The average molecular weight is 399 g/mol. The largest absolute Gasteiger partial charge is 0.496 e. The van der Waals surface area contributed by atoms with Crippen molar-refractivity contribution in [3.8, 4) is 11.5 Å². The van der Waals surface area contributed by atoms with Crippen molar-refractivity contribution in [2.24, 2.45) is 0 Å². The molecule has 5 heteroatoms. The van der Waals surface area contributed by atoms with Crippen molar-refractivity contribution in [1.82, 2.24) is 10.2 Å². The third kappa shape index (κ3) is 7.03. The summed E-state index contributed by atoms with van der Waals surface area (Å²) in [5, 5.41) is 13.8. The molecule has 1 fully saturated rings. The third-order valence-corrected chi connectivity index (χ3v) is 5.40. The number of benzene rings is 2. The summed E-state index contributed by atoms with van der Waals surface area (Å²) in [6.45, 7) is 4.78. The summed E-state index contributed by atoms with van der Waals surface area (Å²) in [6.07, 6.45) is 4.22. The topological polar surface area (TPSA) is 54.0 Å². The lowest BCUT2D eigenvalue weighted by atomic mass is 10.1. The zero-order valence-corrected chi connectivity index (χ0v) is 17.5. The normalized spacial score (nSPS) is 15.8. The van der Waals surface area contributed by atoms with Gasteiger partial charge in [-0.1, -0.05) is 42.8 Å². The van der Waals surface area contributed by atoms with E-state index in [4.69, 9.17) is 9.47 Å². The van der Waals surface area contributed by atoms with Gasteiger partial charge in [-0.3, -0.25) is 0 Å². The lowest BCUT2D eigenvalue weighted by molar-refractivity contribution is 0.0614. The van der Waals surface area contributed by atoms with Crippen molar-refractivity contribution in [3.05, 3.63) is 59.7 Å². The number of hydrogen-bond acceptors (Lipinski definition) is 5. The molecule has 0 amide bonds. The summed E-state index contributed by atoms with van der Waals surface area (Å²) in [6, 6.07) is 16.2. The minimum Gasteiger partial charge on any atom is -0.496 e. The number of piperidine rings is 1. The highest BCUT2D eigenvalue weighted by Crippen LogP contribution is 2.19. The van der Waals surface area contributed by atoms with Gasteiger partial charge in [0.25, 0.3) is 0 Å². The van der Waals surface area contributed by atoms with Gasteiger partial charge in [0.1, 0.15) is 24.2 Å². The zero-order valence-electron chi connectivity index (χ0n) is 17.5. The van der Waals surface area contributed by atoms with E-state index in [9.17, 15) is 5.11 Å². The molecule has 2 N–H and O–H groups in total. The number of methoxy groups -OCH3 is 1. The van der Waals surface area contributed by atoms with Gasteiger partial charge < -0.3 is 24.8 Å². The van der Waals surface area contributed by atoms with Gasteiger partial charge in [-0.05, 0) is 56.6 Å². The zero-order chi connectivity index (χ0) is 20.3. The van der Waals surface area contributed by atoms with Crippen molar-refractivity contribution < 1.29 is 14.6 Å². The van der Waals surface area contributed by atoms with Crippen LogP contribution in [0.2, 0.25) is 0 Å². The van der Waals surface area contributed by atoms with E-state index < -0.39 is 6.10 Å². The Kier molecular flexibility index (Phi) is 8.81. The molecule has 1 saturated heterocycles. The fourth-order valence-corrected chi connectivity index (χ4v) is 3.82. The molecule has 1 aliphatic heterocycles. The molecular formula is C24H34N2O3. The first-order valence-electron chi connectivity index (χ1n) is 10.7. The van der Waals surface area contributed by atoms with Crippen molar-refractivity contribution >= 4 is 0 Å². The number of para-hydroxylation sites is 2. The number of rotatable bonds is 11. The van der Waals surface area contributed by atoms with Gasteiger partial charge in [0.05, 0.1) is 7.11 Å². The van der Waals surface area contributed by atoms with E-state index >= 15 is 0 Å². The number of aliphatic hydroxyl groups is 1. The molecule has 5 nitrogen and oxygen atoms in total. The number of ether oxygens (including phenoxy) is 2. The Morgan fingerprint density at radius 2 is 1.66 bits per heavy atom. The molecule has 1 unspecified atom stereocenters. The number of β-amino-alcohol motifs (C(OH)–C–C–N with tert-alkyl or cyclic N) is 1. The van der Waals surface area contributed by atoms with Crippen molar-refractivity contribution in [2.45, 2.75) is 38.3 Å². The van der Waals surface area contributed by atoms with E-state index in [2.05, 4.69) is 22.3 Å². The second-order valence-corrected chi connectivity index (χ2v) is 7.67. The maximum atomic E-state index is 10.3.